The number of rotatable bonds is 10. The Morgan fingerprint density at radius 3 is 2.61 bits per heavy atom. The van der Waals surface area contributed by atoms with Crippen molar-refractivity contribution < 1.29 is 19.4 Å². The summed E-state index contributed by atoms with van der Waals surface area (Å²) in [4.78, 5) is 35.8. The number of aromatic nitrogens is 3. The lowest BCUT2D eigenvalue weighted by Gasteiger charge is -2.23. The molecule has 2 aliphatic rings. The molecule has 1 atom stereocenters. The van der Waals surface area contributed by atoms with E-state index < -0.39 is 14.0 Å². The van der Waals surface area contributed by atoms with Gasteiger partial charge in [-0.25, -0.2) is 9.78 Å². The topological polar surface area (TPSA) is 97.5 Å². The molecule has 1 amide bonds. The lowest BCUT2D eigenvalue weighted by molar-refractivity contribution is 0.0682. The number of ether oxygens (including phenoxy) is 1. The zero-order chi connectivity index (χ0) is 27.2. The highest BCUT2D eigenvalue weighted by atomic mass is 28.3. The van der Waals surface area contributed by atoms with Crippen molar-refractivity contribution >= 4 is 20.0 Å². The van der Waals surface area contributed by atoms with Gasteiger partial charge in [0.15, 0.2) is 11.5 Å². The summed E-state index contributed by atoms with van der Waals surface area (Å²) in [5.41, 5.74) is 4.86. The van der Waals surface area contributed by atoms with Gasteiger partial charge in [0, 0.05) is 39.0 Å². The van der Waals surface area contributed by atoms with Gasteiger partial charge in [-0.05, 0) is 79.6 Å². The monoisotopic (exact) mass is 532 g/mol. The molecule has 3 aromatic rings. The summed E-state index contributed by atoms with van der Waals surface area (Å²) >= 11 is 0. The van der Waals surface area contributed by atoms with Crippen LogP contribution in [-0.2, 0) is 18.0 Å². The second-order valence-corrected chi connectivity index (χ2v) is 17.4. The van der Waals surface area contributed by atoms with E-state index in [2.05, 4.69) is 42.6 Å². The first-order valence-corrected chi connectivity index (χ1v) is 17.0. The van der Waals surface area contributed by atoms with Crippen LogP contribution in [0.3, 0.4) is 0 Å². The van der Waals surface area contributed by atoms with Gasteiger partial charge in [-0.1, -0.05) is 25.7 Å². The number of carboxylic acids is 1. The van der Waals surface area contributed by atoms with Gasteiger partial charge in [-0.3, -0.25) is 9.78 Å². The molecule has 3 heterocycles. The standard InChI is InChI=1S/C29H36N4O4Si/c1-18(20-6-7-20)32-16-23-14-21(8-9-24(23)28(32)34)22-10-11-30-25(15-22)27-31-26(29(35)36)19(2)33(27)17-37-12-13-38(3,4)5/h8-11,14-15,18,20H,6-7,12-13,16-17H2,1-5H3,(H,35,36)/t18-/m0/s1. The first-order valence-electron chi connectivity index (χ1n) is 13.3. The SMILES string of the molecule is Cc1c(C(=O)O)nc(-c2cc(-c3ccc4c(c3)CN([C@@H](C)C3CC3)C4=O)ccn2)n1COCC[Si](C)(C)C. The normalized spacial score (nSPS) is 16.1. The van der Waals surface area contributed by atoms with Gasteiger partial charge in [0.2, 0.25) is 0 Å². The third-order valence-corrected chi connectivity index (χ3v) is 9.40. The quantitative estimate of drug-likeness (QED) is 0.266. The molecular formula is C29H36N4O4Si. The first-order chi connectivity index (χ1) is 18.0. The maximum absolute atomic E-state index is 13.0. The number of aromatic carboxylic acids is 1. The fraction of sp³-hybridized carbons (Fsp3) is 0.448. The molecule has 38 heavy (non-hydrogen) atoms. The van der Waals surface area contributed by atoms with Crippen molar-refractivity contribution in [2.75, 3.05) is 6.61 Å². The molecule has 0 radical (unpaired) electrons. The Hall–Kier alpha value is -3.30. The number of hydrogen-bond acceptors (Lipinski definition) is 5. The molecule has 1 fully saturated rings. The summed E-state index contributed by atoms with van der Waals surface area (Å²) in [6.07, 6.45) is 4.12. The summed E-state index contributed by atoms with van der Waals surface area (Å²) in [6.45, 7) is 12.3. The van der Waals surface area contributed by atoms with Gasteiger partial charge in [0.25, 0.3) is 5.91 Å². The fourth-order valence-corrected chi connectivity index (χ4v) is 5.80. The second-order valence-electron chi connectivity index (χ2n) is 11.8. The highest BCUT2D eigenvalue weighted by Gasteiger charge is 2.38. The predicted octanol–water partition coefficient (Wildman–Crippen LogP) is 5.69. The number of amides is 1. The number of carbonyl (C=O) groups excluding carboxylic acids is 1. The fourth-order valence-electron chi connectivity index (χ4n) is 5.04. The Morgan fingerprint density at radius 1 is 1.18 bits per heavy atom. The van der Waals surface area contributed by atoms with Crippen LogP contribution in [0.5, 0.6) is 0 Å². The number of benzene rings is 1. The van der Waals surface area contributed by atoms with Crippen molar-refractivity contribution in [3.8, 4) is 22.6 Å². The summed E-state index contributed by atoms with van der Waals surface area (Å²) in [5, 5.41) is 9.71. The van der Waals surface area contributed by atoms with E-state index in [0.717, 1.165) is 28.3 Å². The number of carbonyl (C=O) groups is 2. The maximum atomic E-state index is 13.0. The van der Waals surface area contributed by atoms with Crippen LogP contribution in [0.15, 0.2) is 36.5 Å². The molecule has 0 spiro atoms. The van der Waals surface area contributed by atoms with Crippen LogP contribution in [0.1, 0.15) is 51.9 Å². The number of carboxylic acid groups (broad SMARTS) is 1. The minimum Gasteiger partial charge on any atom is -0.476 e. The van der Waals surface area contributed by atoms with Crippen LogP contribution < -0.4 is 0 Å². The van der Waals surface area contributed by atoms with Crippen molar-refractivity contribution in [3.63, 3.8) is 0 Å². The summed E-state index contributed by atoms with van der Waals surface area (Å²) in [7, 11) is -1.25. The smallest absolute Gasteiger partial charge is 0.356 e. The molecule has 0 unspecified atom stereocenters. The Kier molecular flexibility index (Phi) is 7.00. The number of pyridine rings is 1. The summed E-state index contributed by atoms with van der Waals surface area (Å²) in [5.74, 6) is 0.136. The molecule has 1 N–H and O–H groups in total. The highest BCUT2D eigenvalue weighted by Crippen LogP contribution is 2.39. The average molecular weight is 533 g/mol. The first kappa shape index (κ1) is 26.3. The van der Waals surface area contributed by atoms with Crippen molar-refractivity contribution in [2.24, 2.45) is 5.92 Å². The van der Waals surface area contributed by atoms with E-state index in [9.17, 15) is 14.7 Å². The van der Waals surface area contributed by atoms with Crippen LogP contribution in [0.4, 0.5) is 0 Å². The van der Waals surface area contributed by atoms with Gasteiger partial charge >= 0.3 is 5.97 Å². The van der Waals surface area contributed by atoms with Crippen LogP contribution in [-0.4, -0.2) is 57.1 Å². The van der Waals surface area contributed by atoms with E-state index in [1.807, 2.05) is 29.2 Å². The number of hydrogen-bond donors (Lipinski definition) is 1. The number of nitrogens with zero attached hydrogens (tertiary/aromatic N) is 4. The molecule has 2 aromatic heterocycles. The molecule has 8 nitrogen and oxygen atoms in total. The van der Waals surface area contributed by atoms with Gasteiger partial charge < -0.3 is 19.3 Å². The van der Waals surface area contributed by atoms with Crippen molar-refractivity contribution in [1.82, 2.24) is 19.4 Å². The van der Waals surface area contributed by atoms with E-state index in [-0.39, 0.29) is 24.4 Å². The lowest BCUT2D eigenvalue weighted by atomic mass is 10.0. The number of imidazole rings is 1. The summed E-state index contributed by atoms with van der Waals surface area (Å²) < 4.78 is 7.75. The third-order valence-electron chi connectivity index (χ3n) is 7.70. The van der Waals surface area contributed by atoms with E-state index in [1.165, 1.54) is 12.8 Å². The largest absolute Gasteiger partial charge is 0.476 e. The van der Waals surface area contributed by atoms with Crippen molar-refractivity contribution in [2.45, 2.75) is 71.7 Å². The molecule has 1 aromatic carbocycles. The Labute approximate surface area is 224 Å². The molecule has 5 rings (SSSR count). The lowest BCUT2D eigenvalue weighted by Crippen LogP contribution is -2.34. The maximum Gasteiger partial charge on any atom is 0.356 e. The highest BCUT2D eigenvalue weighted by molar-refractivity contribution is 6.76. The molecule has 1 saturated carbocycles. The zero-order valence-corrected chi connectivity index (χ0v) is 23.8. The van der Waals surface area contributed by atoms with Crippen LogP contribution in [0.25, 0.3) is 22.6 Å². The van der Waals surface area contributed by atoms with E-state index in [0.29, 0.717) is 36.3 Å². The molecular weight excluding hydrogens is 496 g/mol. The molecule has 0 saturated heterocycles. The van der Waals surface area contributed by atoms with Gasteiger partial charge in [0.05, 0.1) is 5.69 Å². The van der Waals surface area contributed by atoms with E-state index in [1.54, 1.807) is 17.7 Å². The van der Waals surface area contributed by atoms with Crippen LogP contribution in [0.2, 0.25) is 25.7 Å². The Balaban J connectivity index is 1.42. The molecule has 1 aliphatic heterocycles. The molecule has 200 valence electrons. The Bertz CT molecular complexity index is 1390. The van der Waals surface area contributed by atoms with Crippen LogP contribution >= 0.6 is 0 Å². The predicted molar refractivity (Wildman–Crippen MR) is 149 cm³/mol. The minimum atomic E-state index is -1.25. The van der Waals surface area contributed by atoms with Crippen molar-refractivity contribution in [1.29, 1.82) is 0 Å². The minimum absolute atomic E-state index is 0.00177. The van der Waals surface area contributed by atoms with E-state index in [4.69, 9.17) is 4.74 Å². The molecule has 1 aliphatic carbocycles. The second kappa shape index (κ2) is 10.1. The molecule has 0 bridgehead atoms. The van der Waals surface area contributed by atoms with E-state index >= 15 is 0 Å². The van der Waals surface area contributed by atoms with Crippen molar-refractivity contribution in [3.05, 3.63) is 59.0 Å². The van der Waals surface area contributed by atoms with Gasteiger partial charge in [-0.2, -0.15) is 0 Å². The van der Waals surface area contributed by atoms with Gasteiger partial charge in [0.1, 0.15) is 12.4 Å². The third kappa shape index (κ3) is 5.30. The zero-order valence-electron chi connectivity index (χ0n) is 22.8. The Morgan fingerprint density at radius 2 is 1.92 bits per heavy atom. The summed E-state index contributed by atoms with van der Waals surface area (Å²) in [6, 6.07) is 11.1. The molecule has 9 heteroatoms. The van der Waals surface area contributed by atoms with Gasteiger partial charge in [-0.15, -0.1) is 0 Å². The van der Waals surface area contributed by atoms with Crippen LogP contribution in [0, 0.1) is 12.8 Å². The average Bonchev–Trinajstić information content (AvgIpc) is 3.60. The number of fused-ring (bicyclic) bond motifs is 1.